The van der Waals surface area contributed by atoms with Gasteiger partial charge >= 0.3 is 0 Å². The van der Waals surface area contributed by atoms with Crippen LogP contribution in [0.5, 0.6) is 5.75 Å². The van der Waals surface area contributed by atoms with Gasteiger partial charge in [0, 0.05) is 5.02 Å². The van der Waals surface area contributed by atoms with Crippen molar-refractivity contribution in [1.29, 1.82) is 0 Å². The van der Waals surface area contributed by atoms with Crippen molar-refractivity contribution in [3.63, 3.8) is 0 Å². The number of rotatable bonds is 2. The van der Waals surface area contributed by atoms with E-state index in [2.05, 4.69) is 0 Å². The van der Waals surface area contributed by atoms with Gasteiger partial charge in [0.25, 0.3) is 5.91 Å². The molecule has 0 spiro atoms. The largest absolute Gasteiger partial charge is 0.508 e. The molecule has 0 aromatic heterocycles. The average Bonchev–Trinajstić information content (AvgIpc) is 2.73. The number of aromatic hydroxyl groups is 1. The minimum Gasteiger partial charge on any atom is -0.508 e. The van der Waals surface area contributed by atoms with E-state index in [1.807, 2.05) is 6.07 Å². The summed E-state index contributed by atoms with van der Waals surface area (Å²) in [5.41, 5.74) is 1.39. The normalized spacial score (nSPS) is 16.6. The molecule has 2 aromatic carbocycles. The van der Waals surface area contributed by atoms with E-state index in [1.54, 1.807) is 48.5 Å². The molecule has 1 fully saturated rings. The molecule has 22 heavy (non-hydrogen) atoms. The molecule has 1 aliphatic heterocycles. The van der Waals surface area contributed by atoms with Gasteiger partial charge in [-0.2, -0.15) is 0 Å². The molecule has 1 amide bonds. The maximum Gasteiger partial charge on any atom is 0.270 e. The lowest BCUT2D eigenvalue weighted by Gasteiger charge is -2.14. The number of phenols is 1. The maximum absolute atomic E-state index is 12.6. The number of phenolic OH excluding ortho intramolecular Hbond substituents is 1. The highest BCUT2D eigenvalue weighted by Crippen LogP contribution is 2.36. The second kappa shape index (κ2) is 6.12. The molecule has 0 radical (unpaired) electrons. The van der Waals surface area contributed by atoms with E-state index in [1.165, 1.54) is 16.7 Å². The Hall–Kier alpha value is -1.82. The molecule has 0 aliphatic carbocycles. The first-order chi connectivity index (χ1) is 10.5. The van der Waals surface area contributed by atoms with Crippen molar-refractivity contribution in [1.82, 2.24) is 0 Å². The molecule has 1 saturated heterocycles. The van der Waals surface area contributed by atoms with E-state index < -0.39 is 0 Å². The van der Waals surface area contributed by atoms with Crippen LogP contribution >= 0.6 is 35.6 Å². The number of hydrogen-bond donors (Lipinski definition) is 1. The monoisotopic (exact) mass is 347 g/mol. The summed E-state index contributed by atoms with van der Waals surface area (Å²) in [6, 6.07) is 13.7. The van der Waals surface area contributed by atoms with Gasteiger partial charge in [-0.05, 0) is 42.0 Å². The highest BCUT2D eigenvalue weighted by molar-refractivity contribution is 8.27. The third-order valence-corrected chi connectivity index (χ3v) is 4.57. The van der Waals surface area contributed by atoms with E-state index in [9.17, 15) is 9.90 Å². The van der Waals surface area contributed by atoms with Crippen LogP contribution in [0.3, 0.4) is 0 Å². The number of thioether (sulfide) groups is 1. The Labute approximate surface area is 142 Å². The number of benzene rings is 2. The quantitative estimate of drug-likeness (QED) is 0.643. The Morgan fingerprint density at radius 3 is 2.68 bits per heavy atom. The Balaban J connectivity index is 1.95. The van der Waals surface area contributed by atoms with Gasteiger partial charge < -0.3 is 5.11 Å². The number of amides is 1. The fourth-order valence-corrected chi connectivity index (χ4v) is 3.56. The van der Waals surface area contributed by atoms with Gasteiger partial charge in [0.1, 0.15) is 5.75 Å². The number of carbonyl (C=O) groups excluding carboxylic acids is 1. The highest BCUT2D eigenvalue weighted by Gasteiger charge is 2.33. The second-order valence-corrected chi connectivity index (χ2v) is 6.70. The summed E-state index contributed by atoms with van der Waals surface area (Å²) in [6.45, 7) is 0. The first-order valence-corrected chi connectivity index (χ1v) is 7.97. The summed E-state index contributed by atoms with van der Waals surface area (Å²) in [5.74, 6) is -0.0420. The molecule has 1 aliphatic rings. The van der Waals surface area contributed by atoms with Gasteiger partial charge in [0.2, 0.25) is 0 Å². The molecular weight excluding hydrogens is 338 g/mol. The smallest absolute Gasteiger partial charge is 0.270 e. The second-order valence-electron chi connectivity index (χ2n) is 4.59. The van der Waals surface area contributed by atoms with Gasteiger partial charge in [-0.3, -0.25) is 9.69 Å². The van der Waals surface area contributed by atoms with Gasteiger partial charge in [0.05, 0.1) is 10.6 Å². The molecule has 110 valence electrons. The van der Waals surface area contributed by atoms with E-state index in [0.717, 1.165) is 5.56 Å². The van der Waals surface area contributed by atoms with Gasteiger partial charge in [0.15, 0.2) is 4.32 Å². The molecule has 0 atom stereocenters. The molecule has 3 nitrogen and oxygen atoms in total. The van der Waals surface area contributed by atoms with Crippen molar-refractivity contribution in [2.24, 2.45) is 0 Å². The Bertz CT molecular complexity index is 804. The number of halogens is 1. The van der Waals surface area contributed by atoms with Crippen LogP contribution in [0.2, 0.25) is 5.02 Å². The summed E-state index contributed by atoms with van der Waals surface area (Å²) in [4.78, 5) is 14.5. The van der Waals surface area contributed by atoms with Crippen LogP contribution in [0.4, 0.5) is 5.69 Å². The van der Waals surface area contributed by atoms with Crippen LogP contribution < -0.4 is 4.90 Å². The average molecular weight is 348 g/mol. The summed E-state index contributed by atoms with van der Waals surface area (Å²) >= 11 is 12.5. The lowest BCUT2D eigenvalue weighted by atomic mass is 10.2. The summed E-state index contributed by atoms with van der Waals surface area (Å²) < 4.78 is 0.457. The molecule has 3 rings (SSSR count). The summed E-state index contributed by atoms with van der Waals surface area (Å²) in [5, 5.41) is 10.0. The predicted octanol–water partition coefficient (Wildman–Crippen LogP) is 4.45. The zero-order valence-electron chi connectivity index (χ0n) is 11.2. The molecule has 1 N–H and O–H groups in total. The zero-order valence-corrected chi connectivity index (χ0v) is 13.6. The van der Waals surface area contributed by atoms with Gasteiger partial charge in [-0.25, -0.2) is 0 Å². The minimum atomic E-state index is -0.194. The van der Waals surface area contributed by atoms with Crippen LogP contribution in [0.1, 0.15) is 5.56 Å². The Morgan fingerprint density at radius 1 is 1.18 bits per heavy atom. The summed E-state index contributed by atoms with van der Waals surface area (Å²) in [7, 11) is 0. The molecule has 0 bridgehead atoms. The van der Waals surface area contributed by atoms with E-state index in [-0.39, 0.29) is 11.7 Å². The molecule has 0 saturated carbocycles. The highest BCUT2D eigenvalue weighted by atomic mass is 35.5. The Morgan fingerprint density at radius 2 is 1.95 bits per heavy atom. The summed E-state index contributed by atoms with van der Waals surface area (Å²) in [6.07, 6.45) is 1.71. The SMILES string of the molecule is O=C1/C(=C\c2cccc(O)c2)SC(=S)N1c1cccc(Cl)c1. The molecule has 0 unspecified atom stereocenters. The maximum atomic E-state index is 12.6. The number of carbonyl (C=O) groups is 1. The third kappa shape index (κ3) is 3.02. The van der Waals surface area contributed by atoms with Crippen molar-refractivity contribution in [3.8, 4) is 5.75 Å². The van der Waals surface area contributed by atoms with E-state index >= 15 is 0 Å². The van der Waals surface area contributed by atoms with Crippen LogP contribution in [0, 0.1) is 0 Å². The number of thiocarbonyl (C=S) groups is 1. The predicted molar refractivity (Wildman–Crippen MR) is 95.2 cm³/mol. The van der Waals surface area contributed by atoms with Crippen LogP contribution in [0.15, 0.2) is 53.4 Å². The lowest BCUT2D eigenvalue weighted by molar-refractivity contribution is -0.113. The van der Waals surface area contributed by atoms with Gasteiger partial charge in [-0.15, -0.1) is 0 Å². The first-order valence-electron chi connectivity index (χ1n) is 6.37. The minimum absolute atomic E-state index is 0.152. The Kier molecular flexibility index (Phi) is 4.20. The molecular formula is C16H10ClNO2S2. The van der Waals surface area contributed by atoms with Crippen LogP contribution in [-0.4, -0.2) is 15.3 Å². The fourth-order valence-electron chi connectivity index (χ4n) is 2.07. The third-order valence-electron chi connectivity index (χ3n) is 3.03. The molecule has 6 heteroatoms. The first kappa shape index (κ1) is 15.1. The van der Waals surface area contributed by atoms with Gasteiger partial charge in [-0.1, -0.05) is 53.8 Å². The molecule has 2 aromatic rings. The number of hydrogen-bond acceptors (Lipinski definition) is 4. The van der Waals surface area contributed by atoms with Crippen LogP contribution in [0.25, 0.3) is 6.08 Å². The van der Waals surface area contributed by atoms with Crippen molar-refractivity contribution in [2.75, 3.05) is 4.90 Å². The van der Waals surface area contributed by atoms with E-state index in [0.29, 0.717) is 19.9 Å². The number of anilines is 1. The van der Waals surface area contributed by atoms with Crippen molar-refractivity contribution >= 4 is 57.6 Å². The topological polar surface area (TPSA) is 40.5 Å². The van der Waals surface area contributed by atoms with Crippen molar-refractivity contribution in [3.05, 3.63) is 64.0 Å². The molecule has 1 heterocycles. The van der Waals surface area contributed by atoms with Crippen molar-refractivity contribution in [2.45, 2.75) is 0 Å². The van der Waals surface area contributed by atoms with Crippen LogP contribution in [-0.2, 0) is 4.79 Å². The number of nitrogens with zero attached hydrogens (tertiary/aromatic N) is 1. The lowest BCUT2D eigenvalue weighted by Crippen LogP contribution is -2.27. The fraction of sp³-hybridized carbons (Fsp3) is 0. The zero-order chi connectivity index (χ0) is 15.7. The van der Waals surface area contributed by atoms with E-state index in [4.69, 9.17) is 23.8 Å². The van der Waals surface area contributed by atoms with Crippen molar-refractivity contribution < 1.29 is 9.90 Å². The standard InChI is InChI=1S/C16H10ClNO2S2/c17-11-4-2-5-12(9-11)18-15(20)14(22-16(18)21)8-10-3-1-6-13(19)7-10/h1-9,19H/b14-8+.